The lowest BCUT2D eigenvalue weighted by atomic mass is 10.2. The van der Waals surface area contributed by atoms with E-state index >= 15 is 0 Å². The van der Waals surface area contributed by atoms with Crippen LogP contribution in [0.15, 0.2) is 48.5 Å². The van der Waals surface area contributed by atoms with Crippen molar-refractivity contribution in [1.29, 1.82) is 0 Å². The highest BCUT2D eigenvalue weighted by molar-refractivity contribution is 5.90. The summed E-state index contributed by atoms with van der Waals surface area (Å²) < 4.78 is 0. The summed E-state index contributed by atoms with van der Waals surface area (Å²) in [4.78, 5) is 11.1. The van der Waals surface area contributed by atoms with Gasteiger partial charge in [0, 0.05) is 37.4 Å². The molecule has 132 valence electrons. The Bertz CT molecular complexity index is 823. The van der Waals surface area contributed by atoms with Crippen molar-refractivity contribution in [3.8, 4) is 0 Å². The molecule has 0 bridgehead atoms. The Labute approximate surface area is 153 Å². The summed E-state index contributed by atoms with van der Waals surface area (Å²) in [6.07, 6.45) is 0. The fourth-order valence-electron chi connectivity index (χ4n) is 2.41. The van der Waals surface area contributed by atoms with Gasteiger partial charge in [0.05, 0.1) is 12.1 Å². The molecule has 0 aliphatic heterocycles. The molecule has 0 saturated heterocycles. The third-order valence-corrected chi connectivity index (χ3v) is 3.65. The van der Waals surface area contributed by atoms with Gasteiger partial charge >= 0.3 is 0 Å². The van der Waals surface area contributed by atoms with E-state index in [9.17, 15) is 0 Å². The average Bonchev–Trinajstić information content (AvgIpc) is 2.60. The maximum absolute atomic E-state index is 9.05. The smallest absolute Gasteiger partial charge is 0.229 e. The molecular weight excluding hydrogens is 338 g/mol. The zero-order valence-corrected chi connectivity index (χ0v) is 15.0. The Kier molecular flexibility index (Phi) is 6.38. The molecule has 3 N–H and O–H groups in total. The largest absolute Gasteiger partial charge is 0.395 e. The molecule has 0 fully saturated rings. The van der Waals surface area contributed by atoms with Gasteiger partial charge in [0.1, 0.15) is 5.82 Å². The van der Waals surface area contributed by atoms with Gasteiger partial charge in [0.2, 0.25) is 5.95 Å². The molecule has 0 spiro atoms. The first-order valence-corrected chi connectivity index (χ1v) is 7.83. The first-order valence-electron chi connectivity index (χ1n) is 7.83. The Morgan fingerprint density at radius 2 is 1.72 bits per heavy atom. The van der Waals surface area contributed by atoms with Crippen LogP contribution < -0.4 is 15.5 Å². The van der Waals surface area contributed by atoms with Gasteiger partial charge in [0.25, 0.3) is 0 Å². The lowest BCUT2D eigenvalue weighted by Gasteiger charge is -2.14. The molecule has 2 aromatic carbocycles. The van der Waals surface area contributed by atoms with Crippen LogP contribution in [0.5, 0.6) is 0 Å². The van der Waals surface area contributed by atoms with Crippen LogP contribution in [0.25, 0.3) is 10.9 Å². The minimum Gasteiger partial charge on any atom is -0.395 e. The second kappa shape index (κ2) is 8.50. The predicted molar refractivity (Wildman–Crippen MR) is 106 cm³/mol. The number of aliphatic hydroxyl groups is 1. The van der Waals surface area contributed by atoms with Crippen LogP contribution in [-0.4, -0.2) is 42.3 Å². The maximum Gasteiger partial charge on any atom is 0.229 e. The number of anilines is 4. The minimum absolute atomic E-state index is 0. The Morgan fingerprint density at radius 3 is 2.40 bits per heavy atom. The molecule has 6 nitrogen and oxygen atoms in total. The predicted octanol–water partition coefficient (Wildman–Crippen LogP) is 3.27. The SMILES string of the molecule is CN(C)c1ccc(Nc2nc(NCCO)c3ccccc3n2)cc1.Cl. The number of para-hydroxylation sites is 1. The zero-order valence-electron chi connectivity index (χ0n) is 14.2. The van der Waals surface area contributed by atoms with E-state index in [0.717, 1.165) is 22.3 Å². The second-order valence-electron chi connectivity index (χ2n) is 5.63. The van der Waals surface area contributed by atoms with Gasteiger partial charge in [-0.15, -0.1) is 12.4 Å². The molecular formula is C18H22ClN5O. The van der Waals surface area contributed by atoms with E-state index < -0.39 is 0 Å². The third-order valence-electron chi connectivity index (χ3n) is 3.65. The van der Waals surface area contributed by atoms with E-state index in [1.54, 1.807) is 0 Å². The number of benzene rings is 2. The first-order chi connectivity index (χ1) is 11.7. The number of rotatable bonds is 6. The van der Waals surface area contributed by atoms with Crippen molar-refractivity contribution in [2.24, 2.45) is 0 Å². The molecule has 7 heteroatoms. The maximum atomic E-state index is 9.05. The number of hydrogen-bond acceptors (Lipinski definition) is 6. The van der Waals surface area contributed by atoms with Crippen molar-refractivity contribution >= 4 is 46.5 Å². The quantitative estimate of drug-likeness (QED) is 0.627. The molecule has 0 radical (unpaired) electrons. The molecule has 0 aliphatic rings. The van der Waals surface area contributed by atoms with E-state index in [0.29, 0.717) is 18.3 Å². The first kappa shape index (κ1) is 18.8. The van der Waals surface area contributed by atoms with Gasteiger partial charge in [-0.25, -0.2) is 4.98 Å². The lowest BCUT2D eigenvalue weighted by molar-refractivity contribution is 0.311. The van der Waals surface area contributed by atoms with E-state index in [-0.39, 0.29) is 19.0 Å². The van der Waals surface area contributed by atoms with E-state index in [1.165, 1.54) is 0 Å². The second-order valence-corrected chi connectivity index (χ2v) is 5.63. The number of nitrogens with one attached hydrogen (secondary N) is 2. The summed E-state index contributed by atoms with van der Waals surface area (Å²) in [6.45, 7) is 0.491. The molecule has 3 aromatic rings. The van der Waals surface area contributed by atoms with Gasteiger partial charge in [0.15, 0.2) is 0 Å². The van der Waals surface area contributed by atoms with Gasteiger partial charge < -0.3 is 20.6 Å². The molecule has 0 amide bonds. The van der Waals surface area contributed by atoms with Crippen LogP contribution in [0.4, 0.5) is 23.1 Å². The number of aromatic nitrogens is 2. The topological polar surface area (TPSA) is 73.3 Å². The molecule has 0 saturated carbocycles. The van der Waals surface area contributed by atoms with E-state index in [4.69, 9.17) is 5.11 Å². The summed E-state index contributed by atoms with van der Waals surface area (Å²) in [5.74, 6) is 1.23. The van der Waals surface area contributed by atoms with Crippen molar-refractivity contribution in [2.75, 3.05) is 42.8 Å². The molecule has 0 atom stereocenters. The van der Waals surface area contributed by atoms with Gasteiger partial charge in [-0.1, -0.05) is 12.1 Å². The van der Waals surface area contributed by atoms with Gasteiger partial charge in [-0.2, -0.15) is 4.98 Å². The number of fused-ring (bicyclic) bond motifs is 1. The number of aliphatic hydroxyl groups excluding tert-OH is 1. The molecule has 1 aromatic heterocycles. The molecule has 0 aliphatic carbocycles. The Balaban J connectivity index is 0.00000225. The number of hydrogen-bond donors (Lipinski definition) is 3. The molecule has 3 rings (SSSR count). The number of halogens is 1. The van der Waals surface area contributed by atoms with E-state index in [2.05, 4.69) is 20.6 Å². The molecule has 1 heterocycles. The van der Waals surface area contributed by atoms with Crippen molar-refractivity contribution in [3.63, 3.8) is 0 Å². The highest BCUT2D eigenvalue weighted by Gasteiger charge is 2.07. The summed E-state index contributed by atoms with van der Waals surface area (Å²) in [6, 6.07) is 15.9. The van der Waals surface area contributed by atoms with Crippen molar-refractivity contribution in [2.45, 2.75) is 0 Å². The molecule has 25 heavy (non-hydrogen) atoms. The fourth-order valence-corrected chi connectivity index (χ4v) is 2.41. The van der Waals surface area contributed by atoms with Crippen LogP contribution in [0.2, 0.25) is 0 Å². The van der Waals surface area contributed by atoms with Crippen LogP contribution >= 0.6 is 12.4 Å². The summed E-state index contributed by atoms with van der Waals surface area (Å²) >= 11 is 0. The standard InChI is InChI=1S/C18H21N5O.ClH/c1-23(2)14-9-7-13(8-10-14)20-18-21-16-6-4-3-5-15(16)17(22-18)19-11-12-24;/h3-10,24H,11-12H2,1-2H3,(H2,19,20,21,22);1H. The monoisotopic (exact) mass is 359 g/mol. The minimum atomic E-state index is 0. The van der Waals surface area contributed by atoms with Gasteiger partial charge in [-0.05, 0) is 36.4 Å². The summed E-state index contributed by atoms with van der Waals surface area (Å²) in [7, 11) is 4.02. The highest BCUT2D eigenvalue weighted by atomic mass is 35.5. The number of nitrogens with zero attached hydrogens (tertiary/aromatic N) is 3. The van der Waals surface area contributed by atoms with Crippen LogP contribution in [0.3, 0.4) is 0 Å². The van der Waals surface area contributed by atoms with Crippen molar-refractivity contribution in [1.82, 2.24) is 9.97 Å². The summed E-state index contributed by atoms with van der Waals surface area (Å²) in [5, 5.41) is 16.4. The highest BCUT2D eigenvalue weighted by Crippen LogP contribution is 2.24. The summed E-state index contributed by atoms with van der Waals surface area (Å²) in [5.41, 5.74) is 2.90. The Hall–Kier alpha value is -2.57. The zero-order chi connectivity index (χ0) is 16.9. The normalized spacial score (nSPS) is 10.2. The van der Waals surface area contributed by atoms with Crippen LogP contribution in [0.1, 0.15) is 0 Å². The van der Waals surface area contributed by atoms with Gasteiger partial charge in [-0.3, -0.25) is 0 Å². The average molecular weight is 360 g/mol. The third kappa shape index (κ3) is 4.49. The Morgan fingerprint density at radius 1 is 1.00 bits per heavy atom. The molecule has 0 unspecified atom stereocenters. The van der Waals surface area contributed by atoms with E-state index in [1.807, 2.05) is 67.5 Å². The van der Waals surface area contributed by atoms with Crippen molar-refractivity contribution < 1.29 is 5.11 Å². The van der Waals surface area contributed by atoms with Crippen LogP contribution in [0, 0.1) is 0 Å². The fraction of sp³-hybridized carbons (Fsp3) is 0.222. The van der Waals surface area contributed by atoms with Crippen molar-refractivity contribution in [3.05, 3.63) is 48.5 Å². The lowest BCUT2D eigenvalue weighted by Crippen LogP contribution is -2.10. The van der Waals surface area contributed by atoms with Crippen LogP contribution in [-0.2, 0) is 0 Å².